The van der Waals surface area contributed by atoms with Crippen LogP contribution >= 0.6 is 0 Å². The maximum Gasteiger partial charge on any atom is 0.407 e. The topological polar surface area (TPSA) is 105 Å². The fraction of sp³-hybridized carbons (Fsp3) is 0.364. The van der Waals surface area contributed by atoms with Gasteiger partial charge in [0, 0.05) is 12.0 Å². The van der Waals surface area contributed by atoms with Crippen molar-refractivity contribution in [1.82, 2.24) is 10.2 Å². The Bertz CT molecular complexity index is 1400. The highest BCUT2D eigenvalue weighted by Gasteiger charge is 2.60. The molecule has 6 rings (SSSR count). The summed E-state index contributed by atoms with van der Waals surface area (Å²) >= 11 is 0. The van der Waals surface area contributed by atoms with Crippen LogP contribution in [0.25, 0.3) is 11.1 Å². The van der Waals surface area contributed by atoms with Crippen molar-refractivity contribution in [1.29, 1.82) is 0 Å². The smallest absolute Gasteiger partial charge is 0.407 e. The second-order valence-corrected chi connectivity index (χ2v) is 11.2. The zero-order valence-corrected chi connectivity index (χ0v) is 23.0. The first kappa shape index (κ1) is 27.0. The van der Waals surface area contributed by atoms with Crippen molar-refractivity contribution in [2.45, 2.75) is 68.9 Å². The summed E-state index contributed by atoms with van der Waals surface area (Å²) in [5.74, 6) is -1.57. The first-order valence-electron chi connectivity index (χ1n) is 14.2. The van der Waals surface area contributed by atoms with E-state index >= 15 is 0 Å². The Labute approximate surface area is 239 Å². The average molecular weight is 555 g/mol. The fourth-order valence-electron chi connectivity index (χ4n) is 6.83. The van der Waals surface area contributed by atoms with E-state index in [1.807, 2.05) is 66.7 Å². The number of amides is 2. The summed E-state index contributed by atoms with van der Waals surface area (Å²) < 4.78 is 11.8. The van der Waals surface area contributed by atoms with Crippen molar-refractivity contribution in [3.63, 3.8) is 0 Å². The van der Waals surface area contributed by atoms with Crippen LogP contribution in [0.5, 0.6) is 0 Å². The van der Waals surface area contributed by atoms with Crippen LogP contribution in [0.4, 0.5) is 4.79 Å². The lowest BCUT2D eigenvalue weighted by Crippen LogP contribution is -2.60. The molecule has 1 aliphatic carbocycles. The van der Waals surface area contributed by atoms with Gasteiger partial charge in [-0.2, -0.15) is 0 Å². The monoisotopic (exact) mass is 554 g/mol. The highest BCUT2D eigenvalue weighted by molar-refractivity contribution is 5.93. The number of hydrogen-bond donors (Lipinski definition) is 2. The number of aliphatic carboxylic acids is 1. The first-order chi connectivity index (χ1) is 19.9. The first-order valence-corrected chi connectivity index (χ1v) is 14.2. The molecule has 2 saturated heterocycles. The third-order valence-corrected chi connectivity index (χ3v) is 8.95. The zero-order chi connectivity index (χ0) is 28.6. The Hall–Kier alpha value is -4.17. The van der Waals surface area contributed by atoms with Crippen LogP contribution in [0.1, 0.15) is 55.2 Å². The Morgan fingerprint density at radius 1 is 0.927 bits per heavy atom. The second kappa shape index (κ2) is 11.0. The van der Waals surface area contributed by atoms with Gasteiger partial charge in [-0.1, -0.05) is 78.9 Å². The molecule has 2 unspecified atom stereocenters. The molecule has 0 spiro atoms. The van der Waals surface area contributed by atoms with Gasteiger partial charge in [0.25, 0.3) is 0 Å². The number of nitrogens with zero attached hydrogens (tertiary/aromatic N) is 1. The second-order valence-electron chi connectivity index (χ2n) is 11.2. The average Bonchev–Trinajstić information content (AvgIpc) is 3.67. The quantitative estimate of drug-likeness (QED) is 0.381. The molecule has 2 atom stereocenters. The van der Waals surface area contributed by atoms with Gasteiger partial charge in [-0.25, -0.2) is 9.59 Å². The van der Waals surface area contributed by atoms with E-state index < -0.39 is 35.7 Å². The third-order valence-electron chi connectivity index (χ3n) is 8.95. The Morgan fingerprint density at radius 2 is 1.51 bits per heavy atom. The predicted molar refractivity (Wildman–Crippen MR) is 152 cm³/mol. The van der Waals surface area contributed by atoms with Crippen molar-refractivity contribution >= 4 is 18.0 Å². The number of alkyl carbamates (subject to hydrolysis) is 1. The van der Waals surface area contributed by atoms with Gasteiger partial charge >= 0.3 is 12.1 Å². The normalized spacial score (nSPS) is 22.1. The van der Waals surface area contributed by atoms with Crippen molar-refractivity contribution in [2.75, 3.05) is 6.61 Å². The van der Waals surface area contributed by atoms with E-state index in [1.165, 1.54) is 4.90 Å². The van der Waals surface area contributed by atoms with Gasteiger partial charge in [0.2, 0.25) is 5.91 Å². The van der Waals surface area contributed by atoms with Gasteiger partial charge in [0.15, 0.2) is 0 Å². The molecule has 8 nitrogen and oxygen atoms in total. The van der Waals surface area contributed by atoms with Crippen molar-refractivity contribution in [3.05, 3.63) is 95.6 Å². The van der Waals surface area contributed by atoms with Crippen molar-refractivity contribution < 1.29 is 29.0 Å². The van der Waals surface area contributed by atoms with Crippen LogP contribution < -0.4 is 5.32 Å². The Kier molecular flexibility index (Phi) is 7.26. The SMILES string of the molecule is CC(OCc1ccccc1)C(NC(=O)OCC1c2ccccc2-c2ccccc21)C(=O)N1C2CCC1(C(=O)O)CC2. The Balaban J connectivity index is 1.20. The molecule has 0 saturated carbocycles. The molecule has 41 heavy (non-hydrogen) atoms. The maximum absolute atomic E-state index is 14.0. The molecule has 3 aromatic carbocycles. The molecule has 3 aliphatic rings. The summed E-state index contributed by atoms with van der Waals surface area (Å²) in [6, 6.07) is 24.4. The lowest BCUT2D eigenvalue weighted by Gasteiger charge is -2.35. The summed E-state index contributed by atoms with van der Waals surface area (Å²) in [4.78, 5) is 41.1. The van der Waals surface area contributed by atoms with Gasteiger partial charge < -0.3 is 24.8 Å². The number of nitrogens with one attached hydrogen (secondary N) is 1. The molecule has 3 aromatic rings. The van der Waals surface area contributed by atoms with Crippen LogP contribution in [-0.2, 0) is 25.7 Å². The van der Waals surface area contributed by atoms with Gasteiger partial charge in [-0.15, -0.1) is 0 Å². The minimum absolute atomic E-state index is 0.103. The van der Waals surface area contributed by atoms with E-state index in [4.69, 9.17) is 9.47 Å². The number of hydrogen-bond acceptors (Lipinski definition) is 5. The minimum Gasteiger partial charge on any atom is -0.479 e. The summed E-state index contributed by atoms with van der Waals surface area (Å²) in [6.45, 7) is 2.07. The minimum atomic E-state index is -1.23. The number of carboxylic acids is 1. The number of rotatable bonds is 9. The van der Waals surface area contributed by atoms with Gasteiger partial charge in [0.05, 0.1) is 12.7 Å². The summed E-state index contributed by atoms with van der Waals surface area (Å²) in [7, 11) is 0. The van der Waals surface area contributed by atoms with Gasteiger partial charge in [-0.05, 0) is 60.4 Å². The summed E-state index contributed by atoms with van der Waals surface area (Å²) in [5.41, 5.74) is 4.11. The number of carbonyl (C=O) groups is 3. The van der Waals surface area contributed by atoms with Crippen LogP contribution in [0, 0.1) is 0 Å². The van der Waals surface area contributed by atoms with Gasteiger partial charge in [-0.3, -0.25) is 4.79 Å². The third kappa shape index (κ3) is 4.86. The molecular formula is C33H34N2O6. The molecule has 0 radical (unpaired) electrons. The number of carbonyl (C=O) groups excluding carboxylic acids is 2. The fourth-order valence-corrected chi connectivity index (χ4v) is 6.83. The zero-order valence-electron chi connectivity index (χ0n) is 23.0. The largest absolute Gasteiger partial charge is 0.479 e. The molecular weight excluding hydrogens is 520 g/mol. The highest BCUT2D eigenvalue weighted by Crippen LogP contribution is 2.47. The maximum atomic E-state index is 14.0. The van der Waals surface area contributed by atoms with E-state index in [2.05, 4.69) is 17.4 Å². The van der Waals surface area contributed by atoms with E-state index in [0.29, 0.717) is 25.7 Å². The predicted octanol–water partition coefficient (Wildman–Crippen LogP) is 5.11. The molecule has 2 amide bonds. The molecule has 0 aromatic heterocycles. The van der Waals surface area contributed by atoms with Crippen LogP contribution in [0.2, 0.25) is 0 Å². The molecule has 8 heteroatoms. The summed E-state index contributed by atoms with van der Waals surface area (Å²) in [6.07, 6.45) is 0.625. The van der Waals surface area contributed by atoms with Crippen molar-refractivity contribution in [3.8, 4) is 11.1 Å². The molecule has 2 heterocycles. The standard InChI is InChI=1S/C33H34N2O6/c1-21(40-19-22-9-3-2-4-10-22)29(30(36)35-23-15-17-33(35,18-16-23)31(37)38)34-32(39)41-20-28-26-13-7-5-11-24(26)25-12-6-8-14-27(25)28/h2-14,21,23,28-29H,15-20H2,1H3,(H,34,39)(H,37,38). The number of benzene rings is 3. The van der Waals surface area contributed by atoms with Crippen LogP contribution in [-0.4, -0.2) is 58.3 Å². The number of carboxylic acid groups (broad SMARTS) is 1. The van der Waals surface area contributed by atoms with Gasteiger partial charge in [0.1, 0.15) is 18.2 Å². The van der Waals surface area contributed by atoms with Crippen molar-refractivity contribution in [2.24, 2.45) is 0 Å². The molecule has 2 fully saturated rings. The van der Waals surface area contributed by atoms with E-state index in [0.717, 1.165) is 27.8 Å². The Morgan fingerprint density at radius 3 is 2.12 bits per heavy atom. The highest BCUT2D eigenvalue weighted by atomic mass is 16.5. The number of fused-ring (bicyclic) bond motifs is 5. The summed E-state index contributed by atoms with van der Waals surface area (Å²) in [5, 5.41) is 12.8. The molecule has 2 aliphatic heterocycles. The van der Waals surface area contributed by atoms with E-state index in [1.54, 1.807) is 6.92 Å². The molecule has 2 bridgehead atoms. The number of ether oxygens (including phenoxy) is 2. The van der Waals surface area contributed by atoms with E-state index in [9.17, 15) is 19.5 Å². The van der Waals surface area contributed by atoms with Crippen LogP contribution in [0.15, 0.2) is 78.9 Å². The van der Waals surface area contributed by atoms with Crippen LogP contribution in [0.3, 0.4) is 0 Å². The molecule has 212 valence electrons. The van der Waals surface area contributed by atoms with E-state index in [-0.39, 0.29) is 25.2 Å². The molecule has 2 N–H and O–H groups in total. The lowest BCUT2D eigenvalue weighted by atomic mass is 9.88. The lowest BCUT2D eigenvalue weighted by molar-refractivity contribution is -0.157.